The summed E-state index contributed by atoms with van der Waals surface area (Å²) in [6.07, 6.45) is 4.60. The smallest absolute Gasteiger partial charge is 0.332 e. The van der Waals surface area contributed by atoms with Crippen LogP contribution in [0.1, 0.15) is 85.6 Å². The van der Waals surface area contributed by atoms with E-state index in [1.807, 2.05) is 13.8 Å². The second kappa shape index (κ2) is 11.7. The van der Waals surface area contributed by atoms with Crippen LogP contribution in [0.4, 0.5) is 0 Å². The van der Waals surface area contributed by atoms with Gasteiger partial charge in [0.1, 0.15) is 5.75 Å². The summed E-state index contributed by atoms with van der Waals surface area (Å²) in [7, 11) is -4.18. The third-order valence-electron chi connectivity index (χ3n) is 3.92. The van der Waals surface area contributed by atoms with Crippen LogP contribution in [0.3, 0.4) is 0 Å². The first kappa shape index (κ1) is 18.0. The Balaban J connectivity index is 2.52. The molecule has 0 saturated carbocycles. The van der Waals surface area contributed by atoms with Crippen molar-refractivity contribution in [3.05, 3.63) is 29.8 Å². The van der Waals surface area contributed by atoms with Gasteiger partial charge in [0.25, 0.3) is 0 Å². The third-order valence-corrected chi connectivity index (χ3v) is 5.29. The maximum absolute atomic E-state index is 11.7. The molecule has 3 atom stereocenters. The van der Waals surface area contributed by atoms with Gasteiger partial charge >= 0.3 is 7.60 Å². The fraction of sp³-hybridized carbons (Fsp3) is 0.684. The van der Waals surface area contributed by atoms with Crippen LogP contribution in [0.5, 0.6) is 5.75 Å². The first-order valence-corrected chi connectivity index (χ1v) is 10.6. The SMILES string of the molecule is [3H]C(CCC)CC([3H])CCOc1ccc(C(CCCC)P(=O)(O)O)cc1. The summed E-state index contributed by atoms with van der Waals surface area (Å²) in [6.45, 7) is 4.45. The second-order valence-corrected chi connectivity index (χ2v) is 7.86. The molecule has 0 aliphatic heterocycles. The molecule has 5 heteroatoms. The van der Waals surface area contributed by atoms with Crippen LogP contribution in [-0.4, -0.2) is 16.4 Å². The van der Waals surface area contributed by atoms with E-state index >= 15 is 0 Å². The van der Waals surface area contributed by atoms with Gasteiger partial charge in [0.2, 0.25) is 0 Å². The summed E-state index contributed by atoms with van der Waals surface area (Å²) in [4.78, 5) is 19.2. The van der Waals surface area contributed by atoms with Crippen molar-refractivity contribution in [2.75, 3.05) is 6.61 Å². The first-order chi connectivity index (χ1) is 12.3. The minimum absolute atomic E-state index is 0.172. The van der Waals surface area contributed by atoms with E-state index in [2.05, 4.69) is 0 Å². The maximum Gasteiger partial charge on any atom is 0.332 e. The molecule has 138 valence electrons. The highest BCUT2D eigenvalue weighted by atomic mass is 31.2. The number of ether oxygens (including phenoxy) is 1. The molecule has 0 spiro atoms. The summed E-state index contributed by atoms with van der Waals surface area (Å²) in [5, 5.41) is 0. The Labute approximate surface area is 149 Å². The van der Waals surface area contributed by atoms with Gasteiger partial charge in [0.05, 0.1) is 12.3 Å². The molecule has 3 unspecified atom stereocenters. The molecule has 1 rings (SSSR count). The van der Waals surface area contributed by atoms with Gasteiger partial charge in [-0.2, -0.15) is 0 Å². The van der Waals surface area contributed by atoms with Crippen LogP contribution in [0.25, 0.3) is 0 Å². The lowest BCUT2D eigenvalue weighted by Gasteiger charge is -2.19. The zero-order valence-corrected chi connectivity index (χ0v) is 15.8. The molecule has 0 fully saturated rings. The van der Waals surface area contributed by atoms with Gasteiger partial charge < -0.3 is 14.5 Å². The lowest BCUT2D eigenvalue weighted by Crippen LogP contribution is -2.01. The summed E-state index contributed by atoms with van der Waals surface area (Å²) < 4.78 is 33.2. The first-order valence-electron chi connectivity index (χ1n) is 10.1. The van der Waals surface area contributed by atoms with E-state index in [9.17, 15) is 14.4 Å². The number of benzene rings is 1. The highest BCUT2D eigenvalue weighted by molar-refractivity contribution is 7.52. The fourth-order valence-electron chi connectivity index (χ4n) is 2.53. The molecule has 24 heavy (non-hydrogen) atoms. The molecule has 0 amide bonds. The van der Waals surface area contributed by atoms with Gasteiger partial charge in [-0.3, -0.25) is 4.57 Å². The summed E-state index contributed by atoms with van der Waals surface area (Å²) >= 11 is 0. The average molecular weight is 360 g/mol. The molecule has 0 aliphatic rings. The normalized spacial score (nSPS) is 16.8. The predicted octanol–water partition coefficient (Wildman–Crippen LogP) is 5.83. The van der Waals surface area contributed by atoms with Gasteiger partial charge in [-0.15, -0.1) is 0 Å². The standard InChI is InChI=1S/C19H33O4P/c1-3-5-7-8-9-10-16-23-18-14-12-17(13-15-18)19(11-6-4-2)24(20,21)22/h12-15,19H,3-11,16H2,1-2H3,(H2,20,21,22)/i7T,9T. The van der Waals surface area contributed by atoms with Crippen molar-refractivity contribution in [1.82, 2.24) is 0 Å². The Morgan fingerprint density at radius 3 is 2.25 bits per heavy atom. The minimum Gasteiger partial charge on any atom is -0.494 e. The lowest BCUT2D eigenvalue weighted by atomic mass is 10.1. The van der Waals surface area contributed by atoms with E-state index in [1.165, 1.54) is 0 Å². The molecular weight excluding hydrogens is 323 g/mol. The lowest BCUT2D eigenvalue weighted by molar-refractivity contribution is 0.304. The van der Waals surface area contributed by atoms with Gasteiger partial charge in [0.15, 0.2) is 0 Å². The topological polar surface area (TPSA) is 66.8 Å². The second-order valence-electron chi connectivity index (χ2n) is 6.06. The maximum atomic E-state index is 11.7. The molecular formula is C19H33O4P. The molecule has 0 radical (unpaired) electrons. The zero-order chi connectivity index (χ0) is 19.6. The van der Waals surface area contributed by atoms with Gasteiger partial charge in [0, 0.05) is 2.74 Å². The van der Waals surface area contributed by atoms with Crippen LogP contribution in [0, 0.1) is 0 Å². The molecule has 2 N–H and O–H groups in total. The van der Waals surface area contributed by atoms with Crippen molar-refractivity contribution < 1.29 is 21.8 Å². The summed E-state index contributed by atoms with van der Waals surface area (Å²) in [5.74, 6) is 0.636. The quantitative estimate of drug-likeness (QED) is 0.434. The number of rotatable bonds is 13. The molecule has 1 aromatic carbocycles. The molecule has 0 saturated heterocycles. The number of hydrogen-bond donors (Lipinski definition) is 2. The van der Waals surface area contributed by atoms with Gasteiger partial charge in [-0.25, -0.2) is 0 Å². The van der Waals surface area contributed by atoms with Crippen LogP contribution < -0.4 is 4.74 Å². The monoisotopic (exact) mass is 360 g/mol. The van der Waals surface area contributed by atoms with Crippen molar-refractivity contribution in [2.45, 2.75) is 77.2 Å². The summed E-state index contributed by atoms with van der Waals surface area (Å²) in [5.41, 5.74) is -0.129. The van der Waals surface area contributed by atoms with Crippen LogP contribution in [0.15, 0.2) is 24.3 Å². The third kappa shape index (κ3) is 8.32. The Morgan fingerprint density at radius 2 is 1.67 bits per heavy atom. The Bertz CT molecular complexity index is 547. The molecule has 0 aliphatic carbocycles. The predicted molar refractivity (Wildman–Crippen MR) is 99.6 cm³/mol. The van der Waals surface area contributed by atoms with Crippen molar-refractivity contribution in [3.63, 3.8) is 0 Å². The highest BCUT2D eigenvalue weighted by Crippen LogP contribution is 2.54. The molecule has 4 nitrogen and oxygen atoms in total. The Kier molecular flexibility index (Phi) is 8.75. The van der Waals surface area contributed by atoms with Crippen LogP contribution in [-0.2, 0) is 4.57 Å². The highest BCUT2D eigenvalue weighted by Gasteiger charge is 2.29. The number of unbranched alkanes of at least 4 members (excludes halogenated alkanes) is 1. The van der Waals surface area contributed by atoms with E-state index in [4.69, 9.17) is 7.48 Å². The molecule has 0 aromatic heterocycles. The van der Waals surface area contributed by atoms with Crippen LogP contribution in [0.2, 0.25) is 0 Å². The van der Waals surface area contributed by atoms with Crippen LogP contribution >= 0.6 is 7.60 Å². The Morgan fingerprint density at radius 1 is 1.04 bits per heavy atom. The van der Waals surface area contributed by atoms with Crippen molar-refractivity contribution in [3.8, 4) is 5.75 Å². The molecule has 0 heterocycles. The van der Waals surface area contributed by atoms with Gasteiger partial charge in [-0.05, 0) is 30.5 Å². The fourth-order valence-corrected chi connectivity index (χ4v) is 3.61. The van der Waals surface area contributed by atoms with Crippen molar-refractivity contribution in [2.24, 2.45) is 0 Å². The largest absolute Gasteiger partial charge is 0.494 e. The Hall–Kier alpha value is -0.830. The van der Waals surface area contributed by atoms with E-state index < -0.39 is 13.3 Å². The van der Waals surface area contributed by atoms with E-state index in [0.29, 0.717) is 37.2 Å². The van der Waals surface area contributed by atoms with Gasteiger partial charge in [-0.1, -0.05) is 70.9 Å². The van der Waals surface area contributed by atoms with E-state index in [-0.39, 0.29) is 12.8 Å². The van der Waals surface area contributed by atoms with Crippen molar-refractivity contribution >= 4 is 7.60 Å². The van der Waals surface area contributed by atoms with E-state index in [0.717, 1.165) is 25.7 Å². The molecule has 0 bridgehead atoms. The minimum atomic E-state index is -4.18. The molecule has 1 aromatic rings. The van der Waals surface area contributed by atoms with E-state index in [1.54, 1.807) is 24.3 Å². The number of hydrogen-bond acceptors (Lipinski definition) is 2. The zero-order valence-electron chi connectivity index (χ0n) is 16.9. The van der Waals surface area contributed by atoms with Crippen molar-refractivity contribution in [1.29, 1.82) is 0 Å². The summed E-state index contributed by atoms with van der Waals surface area (Å²) in [6, 6.07) is 6.89. The average Bonchev–Trinajstić information content (AvgIpc) is 2.55.